The van der Waals surface area contributed by atoms with Crippen LogP contribution in [0.4, 0.5) is 4.39 Å². The standard InChI is InChI=1S/C18H17FN2O3/c19-15-4-1-12(2-5-15)9-13-7-8-21(11-13)17(22)14-3-6-16(18(23)24)20-10-14/h1-6,10,13H,7-9,11H2,(H,23,24)/t13-/m0/s1. The van der Waals surface area contributed by atoms with E-state index in [1.165, 1.54) is 30.5 Å². The number of halogens is 1. The van der Waals surface area contributed by atoms with E-state index in [1.54, 1.807) is 17.0 Å². The Hall–Kier alpha value is -2.76. The van der Waals surface area contributed by atoms with Gasteiger partial charge in [-0.1, -0.05) is 12.1 Å². The van der Waals surface area contributed by atoms with Crippen LogP contribution in [0.3, 0.4) is 0 Å². The number of carbonyl (C=O) groups is 2. The average molecular weight is 328 g/mol. The van der Waals surface area contributed by atoms with E-state index in [9.17, 15) is 14.0 Å². The maximum absolute atomic E-state index is 12.9. The number of carbonyl (C=O) groups excluding carboxylic acids is 1. The summed E-state index contributed by atoms with van der Waals surface area (Å²) in [6.07, 6.45) is 3.00. The van der Waals surface area contributed by atoms with Crippen molar-refractivity contribution in [3.05, 3.63) is 65.2 Å². The number of benzene rings is 1. The molecule has 1 atom stereocenters. The van der Waals surface area contributed by atoms with Gasteiger partial charge in [-0.25, -0.2) is 14.2 Å². The van der Waals surface area contributed by atoms with Gasteiger partial charge in [-0.05, 0) is 48.6 Å². The molecule has 0 aliphatic carbocycles. The SMILES string of the molecule is O=C(O)c1ccc(C(=O)N2CC[C@@H](Cc3ccc(F)cc3)C2)cn1. The monoisotopic (exact) mass is 328 g/mol. The van der Waals surface area contributed by atoms with E-state index in [0.29, 0.717) is 24.6 Å². The van der Waals surface area contributed by atoms with Gasteiger partial charge >= 0.3 is 5.97 Å². The van der Waals surface area contributed by atoms with Gasteiger partial charge in [0, 0.05) is 19.3 Å². The lowest BCUT2D eigenvalue weighted by Gasteiger charge is -2.16. The molecular formula is C18H17FN2O3. The van der Waals surface area contributed by atoms with Crippen LogP contribution in [-0.4, -0.2) is 40.0 Å². The lowest BCUT2D eigenvalue weighted by Crippen LogP contribution is -2.29. The molecule has 1 aromatic carbocycles. The largest absolute Gasteiger partial charge is 0.477 e. The Morgan fingerprint density at radius 3 is 2.58 bits per heavy atom. The van der Waals surface area contributed by atoms with Gasteiger partial charge in [0.25, 0.3) is 5.91 Å². The van der Waals surface area contributed by atoms with Crippen molar-refractivity contribution in [2.75, 3.05) is 13.1 Å². The Bertz CT molecular complexity index is 744. The number of aromatic nitrogens is 1. The normalized spacial score (nSPS) is 17.0. The number of nitrogens with zero attached hydrogens (tertiary/aromatic N) is 2. The van der Waals surface area contributed by atoms with Crippen LogP contribution >= 0.6 is 0 Å². The average Bonchev–Trinajstić information content (AvgIpc) is 3.05. The minimum Gasteiger partial charge on any atom is -0.477 e. The van der Waals surface area contributed by atoms with Crippen LogP contribution in [0.1, 0.15) is 32.8 Å². The highest BCUT2D eigenvalue weighted by atomic mass is 19.1. The number of likely N-dealkylation sites (tertiary alicyclic amines) is 1. The number of pyridine rings is 1. The van der Waals surface area contributed by atoms with E-state index in [-0.39, 0.29) is 17.4 Å². The highest BCUT2D eigenvalue weighted by Crippen LogP contribution is 2.22. The molecule has 1 saturated heterocycles. The van der Waals surface area contributed by atoms with Crippen LogP contribution < -0.4 is 0 Å². The first-order valence-corrected chi connectivity index (χ1v) is 7.76. The predicted molar refractivity (Wildman–Crippen MR) is 85.3 cm³/mol. The van der Waals surface area contributed by atoms with E-state index >= 15 is 0 Å². The summed E-state index contributed by atoms with van der Waals surface area (Å²) in [5.74, 6) is -1.17. The molecule has 1 fully saturated rings. The van der Waals surface area contributed by atoms with Gasteiger partial charge in [0.2, 0.25) is 0 Å². The molecule has 1 aromatic heterocycles. The summed E-state index contributed by atoms with van der Waals surface area (Å²) < 4.78 is 12.9. The van der Waals surface area contributed by atoms with Crippen LogP contribution in [0.5, 0.6) is 0 Å². The second-order valence-electron chi connectivity index (χ2n) is 5.97. The zero-order valence-corrected chi connectivity index (χ0v) is 13.0. The maximum atomic E-state index is 12.9. The number of amides is 1. The fraction of sp³-hybridized carbons (Fsp3) is 0.278. The van der Waals surface area contributed by atoms with Crippen LogP contribution in [0, 0.1) is 11.7 Å². The molecular weight excluding hydrogens is 311 g/mol. The minimum atomic E-state index is -1.12. The highest BCUT2D eigenvalue weighted by molar-refractivity contribution is 5.95. The Balaban J connectivity index is 1.61. The molecule has 0 radical (unpaired) electrons. The first-order chi connectivity index (χ1) is 11.5. The third-order valence-electron chi connectivity index (χ3n) is 4.24. The molecule has 0 bridgehead atoms. The second-order valence-corrected chi connectivity index (χ2v) is 5.97. The number of carboxylic acids is 1. The summed E-state index contributed by atoms with van der Waals surface area (Å²) >= 11 is 0. The predicted octanol–water partition coefficient (Wildman–Crippen LogP) is 2.62. The second kappa shape index (κ2) is 6.78. The van der Waals surface area contributed by atoms with Crippen LogP contribution in [-0.2, 0) is 6.42 Å². The van der Waals surface area contributed by atoms with Crippen molar-refractivity contribution in [2.45, 2.75) is 12.8 Å². The maximum Gasteiger partial charge on any atom is 0.354 e. The number of aromatic carboxylic acids is 1. The molecule has 5 nitrogen and oxygen atoms in total. The van der Waals surface area contributed by atoms with Crippen LogP contribution in [0.2, 0.25) is 0 Å². The van der Waals surface area contributed by atoms with Gasteiger partial charge in [0.1, 0.15) is 11.5 Å². The van der Waals surface area contributed by atoms with Crippen LogP contribution in [0.25, 0.3) is 0 Å². The zero-order valence-electron chi connectivity index (χ0n) is 13.0. The van der Waals surface area contributed by atoms with E-state index in [2.05, 4.69) is 4.98 Å². The first kappa shape index (κ1) is 16.1. The van der Waals surface area contributed by atoms with Crippen molar-refractivity contribution in [3.8, 4) is 0 Å². The summed E-state index contributed by atoms with van der Waals surface area (Å²) in [5, 5.41) is 8.84. The van der Waals surface area contributed by atoms with Gasteiger partial charge in [0.05, 0.1) is 5.56 Å². The van der Waals surface area contributed by atoms with Crippen molar-refractivity contribution in [1.29, 1.82) is 0 Å². The number of hydrogen-bond donors (Lipinski definition) is 1. The molecule has 2 aromatic rings. The third-order valence-corrected chi connectivity index (χ3v) is 4.24. The van der Waals surface area contributed by atoms with Crippen molar-refractivity contribution in [2.24, 2.45) is 5.92 Å². The smallest absolute Gasteiger partial charge is 0.354 e. The van der Waals surface area contributed by atoms with E-state index in [4.69, 9.17) is 5.11 Å². The molecule has 2 heterocycles. The van der Waals surface area contributed by atoms with Gasteiger partial charge < -0.3 is 10.0 Å². The molecule has 1 aliphatic heterocycles. The fourth-order valence-corrected chi connectivity index (χ4v) is 2.97. The lowest BCUT2D eigenvalue weighted by atomic mass is 9.99. The summed E-state index contributed by atoms with van der Waals surface area (Å²) in [4.78, 5) is 28.8. The molecule has 6 heteroatoms. The highest BCUT2D eigenvalue weighted by Gasteiger charge is 2.27. The summed E-state index contributed by atoms with van der Waals surface area (Å²) in [6.45, 7) is 1.29. The summed E-state index contributed by atoms with van der Waals surface area (Å²) in [7, 11) is 0. The molecule has 124 valence electrons. The number of rotatable bonds is 4. The molecule has 0 spiro atoms. The topological polar surface area (TPSA) is 70.5 Å². The van der Waals surface area contributed by atoms with E-state index in [1.807, 2.05) is 0 Å². The van der Waals surface area contributed by atoms with Crippen LogP contribution in [0.15, 0.2) is 42.6 Å². The molecule has 1 aliphatic rings. The van der Waals surface area contributed by atoms with Gasteiger partial charge in [0.15, 0.2) is 0 Å². The minimum absolute atomic E-state index is 0.0813. The number of hydrogen-bond acceptors (Lipinski definition) is 3. The summed E-state index contributed by atoms with van der Waals surface area (Å²) in [6, 6.07) is 9.27. The molecule has 1 amide bonds. The molecule has 1 N–H and O–H groups in total. The van der Waals surface area contributed by atoms with E-state index in [0.717, 1.165) is 18.4 Å². The first-order valence-electron chi connectivity index (χ1n) is 7.76. The van der Waals surface area contributed by atoms with Gasteiger partial charge in [-0.3, -0.25) is 4.79 Å². The molecule has 0 unspecified atom stereocenters. The van der Waals surface area contributed by atoms with Gasteiger partial charge in [-0.15, -0.1) is 0 Å². The van der Waals surface area contributed by atoms with Crippen molar-refractivity contribution < 1.29 is 19.1 Å². The Morgan fingerprint density at radius 2 is 1.96 bits per heavy atom. The summed E-state index contributed by atoms with van der Waals surface area (Å²) in [5.41, 5.74) is 1.37. The third kappa shape index (κ3) is 3.59. The fourth-order valence-electron chi connectivity index (χ4n) is 2.97. The van der Waals surface area contributed by atoms with Crippen molar-refractivity contribution in [1.82, 2.24) is 9.88 Å². The molecule has 24 heavy (non-hydrogen) atoms. The van der Waals surface area contributed by atoms with Gasteiger partial charge in [-0.2, -0.15) is 0 Å². The Kier molecular flexibility index (Phi) is 4.55. The Morgan fingerprint density at radius 1 is 1.21 bits per heavy atom. The van der Waals surface area contributed by atoms with E-state index < -0.39 is 5.97 Å². The lowest BCUT2D eigenvalue weighted by molar-refractivity contribution is 0.0688. The quantitative estimate of drug-likeness (QED) is 0.936. The van der Waals surface area contributed by atoms with Crippen molar-refractivity contribution in [3.63, 3.8) is 0 Å². The number of carboxylic acid groups (broad SMARTS) is 1. The van der Waals surface area contributed by atoms with Crippen molar-refractivity contribution >= 4 is 11.9 Å². The zero-order chi connectivity index (χ0) is 17.1. The molecule has 3 rings (SSSR count). The Labute approximate surface area is 138 Å². The molecule has 0 saturated carbocycles.